The van der Waals surface area contributed by atoms with Gasteiger partial charge >= 0.3 is 0 Å². The lowest BCUT2D eigenvalue weighted by Gasteiger charge is -2.10. The van der Waals surface area contributed by atoms with Crippen LogP contribution < -0.4 is 11.1 Å². The molecule has 7 heteroatoms. The van der Waals surface area contributed by atoms with E-state index in [1.54, 1.807) is 37.3 Å². The lowest BCUT2D eigenvalue weighted by Crippen LogP contribution is -2.17. The van der Waals surface area contributed by atoms with Crippen LogP contribution in [-0.4, -0.2) is 17.6 Å². The van der Waals surface area contributed by atoms with E-state index in [4.69, 9.17) is 17.3 Å². The molecule has 0 radical (unpaired) electrons. The van der Waals surface area contributed by atoms with E-state index >= 15 is 0 Å². The van der Waals surface area contributed by atoms with E-state index in [0.29, 0.717) is 26.0 Å². The Morgan fingerprint density at radius 3 is 2.52 bits per heavy atom. The summed E-state index contributed by atoms with van der Waals surface area (Å²) in [4.78, 5) is 35.7. The first kappa shape index (κ1) is 17.2. The van der Waals surface area contributed by atoms with E-state index in [0.717, 1.165) is 0 Å². The van der Waals surface area contributed by atoms with Crippen LogP contribution in [0.5, 0.6) is 0 Å². The molecule has 2 rings (SSSR count). The molecule has 1 heterocycles. The molecular weight excluding hydrogens is 336 g/mol. The van der Waals surface area contributed by atoms with Gasteiger partial charge in [0, 0.05) is 24.1 Å². The first-order valence-electron chi connectivity index (χ1n) is 6.86. The van der Waals surface area contributed by atoms with Crippen LogP contribution in [0.15, 0.2) is 30.3 Å². The monoisotopic (exact) mass is 350 g/mol. The van der Waals surface area contributed by atoms with Crippen molar-refractivity contribution in [3.63, 3.8) is 0 Å². The largest absolute Gasteiger partial charge is 0.366 e. The number of Topliss-reactive ketones (excluding diaryl/α,β-unsaturated/α-hetero) is 1. The van der Waals surface area contributed by atoms with Gasteiger partial charge in [-0.1, -0.05) is 17.7 Å². The number of carbonyl (C=O) groups is 3. The Labute approximate surface area is 142 Å². The Morgan fingerprint density at radius 2 is 1.91 bits per heavy atom. The summed E-state index contributed by atoms with van der Waals surface area (Å²) in [5, 5.41) is 2.70. The van der Waals surface area contributed by atoms with Crippen LogP contribution in [-0.2, 0) is 4.79 Å². The summed E-state index contributed by atoms with van der Waals surface area (Å²) in [6, 6.07) is 8.21. The number of carbonyl (C=O) groups excluding carboxylic acids is 3. The standard InChI is InChI=1S/C16H15ClN2O3S/c1-9-10(16(18)22)3-2-4-11(9)19-15(21)8-5-12(20)13-6-7-14(17)23-13/h2-4,6-7H,5,8H2,1H3,(H2,18,22)(H,19,21). The van der Waals surface area contributed by atoms with Crippen molar-refractivity contribution in [3.8, 4) is 0 Å². The van der Waals surface area contributed by atoms with Gasteiger partial charge in [-0.3, -0.25) is 14.4 Å². The Balaban J connectivity index is 1.96. The fourth-order valence-corrected chi connectivity index (χ4v) is 3.08. The summed E-state index contributed by atoms with van der Waals surface area (Å²) >= 11 is 6.97. The van der Waals surface area contributed by atoms with E-state index < -0.39 is 5.91 Å². The van der Waals surface area contributed by atoms with E-state index in [9.17, 15) is 14.4 Å². The topological polar surface area (TPSA) is 89.3 Å². The Hall–Kier alpha value is -2.18. The number of halogens is 1. The average Bonchev–Trinajstić information content (AvgIpc) is 2.93. The lowest BCUT2D eigenvalue weighted by molar-refractivity contribution is -0.116. The van der Waals surface area contributed by atoms with Gasteiger partial charge in [0.25, 0.3) is 0 Å². The smallest absolute Gasteiger partial charge is 0.249 e. The average molecular weight is 351 g/mol. The zero-order valence-electron chi connectivity index (χ0n) is 12.4. The molecule has 0 unspecified atom stereocenters. The summed E-state index contributed by atoms with van der Waals surface area (Å²) in [5.41, 5.74) is 6.74. The molecule has 2 amide bonds. The molecule has 0 atom stereocenters. The highest BCUT2D eigenvalue weighted by Gasteiger charge is 2.14. The van der Waals surface area contributed by atoms with Crippen molar-refractivity contribution in [2.75, 3.05) is 5.32 Å². The normalized spacial score (nSPS) is 10.3. The fourth-order valence-electron chi connectivity index (χ4n) is 2.07. The molecule has 23 heavy (non-hydrogen) atoms. The SMILES string of the molecule is Cc1c(NC(=O)CCC(=O)c2ccc(Cl)s2)cccc1C(N)=O. The van der Waals surface area contributed by atoms with Crippen LogP contribution in [0.3, 0.4) is 0 Å². The van der Waals surface area contributed by atoms with Gasteiger partial charge in [-0.05, 0) is 36.8 Å². The molecule has 120 valence electrons. The molecule has 0 aliphatic rings. The Kier molecular flexibility index (Phi) is 5.52. The van der Waals surface area contributed by atoms with Gasteiger partial charge in [-0.15, -0.1) is 11.3 Å². The zero-order chi connectivity index (χ0) is 17.0. The molecule has 0 aliphatic carbocycles. The van der Waals surface area contributed by atoms with Gasteiger partial charge in [-0.25, -0.2) is 0 Å². The number of nitrogens with one attached hydrogen (secondary N) is 1. The van der Waals surface area contributed by atoms with Gasteiger partial charge in [0.15, 0.2) is 5.78 Å². The summed E-state index contributed by atoms with van der Waals surface area (Å²) < 4.78 is 0.539. The Bertz CT molecular complexity index is 770. The van der Waals surface area contributed by atoms with Crippen molar-refractivity contribution in [2.24, 2.45) is 5.73 Å². The molecule has 2 aromatic rings. The maximum atomic E-state index is 12.0. The molecule has 1 aromatic heterocycles. The van der Waals surface area contributed by atoms with Crippen LogP contribution >= 0.6 is 22.9 Å². The predicted molar refractivity (Wildman–Crippen MR) is 91.2 cm³/mol. The Morgan fingerprint density at radius 1 is 1.17 bits per heavy atom. The van der Waals surface area contributed by atoms with E-state index in [2.05, 4.69) is 5.32 Å². The van der Waals surface area contributed by atoms with Crippen LogP contribution in [0.2, 0.25) is 4.34 Å². The van der Waals surface area contributed by atoms with Gasteiger partial charge in [0.2, 0.25) is 11.8 Å². The molecule has 0 saturated carbocycles. The molecule has 0 spiro atoms. The second-order valence-electron chi connectivity index (χ2n) is 4.92. The summed E-state index contributed by atoms with van der Waals surface area (Å²) in [7, 11) is 0. The van der Waals surface area contributed by atoms with Crippen LogP contribution in [0.25, 0.3) is 0 Å². The number of thiophene rings is 1. The van der Waals surface area contributed by atoms with E-state index in [1.807, 2.05) is 0 Å². The maximum Gasteiger partial charge on any atom is 0.249 e. The molecule has 1 aromatic carbocycles. The maximum absolute atomic E-state index is 12.0. The fraction of sp³-hybridized carbons (Fsp3) is 0.188. The molecule has 3 N–H and O–H groups in total. The lowest BCUT2D eigenvalue weighted by atomic mass is 10.1. The highest BCUT2D eigenvalue weighted by Crippen LogP contribution is 2.23. The van der Waals surface area contributed by atoms with Crippen molar-refractivity contribution in [3.05, 3.63) is 50.7 Å². The minimum Gasteiger partial charge on any atom is -0.366 e. The van der Waals surface area contributed by atoms with Crippen molar-refractivity contribution in [1.29, 1.82) is 0 Å². The minimum atomic E-state index is -0.552. The highest BCUT2D eigenvalue weighted by atomic mass is 35.5. The van der Waals surface area contributed by atoms with Gasteiger partial charge in [0.05, 0.1) is 9.21 Å². The van der Waals surface area contributed by atoms with Gasteiger partial charge in [-0.2, -0.15) is 0 Å². The zero-order valence-corrected chi connectivity index (χ0v) is 14.0. The van der Waals surface area contributed by atoms with Crippen LogP contribution in [0, 0.1) is 6.92 Å². The first-order chi connectivity index (χ1) is 10.9. The number of nitrogens with two attached hydrogens (primary N) is 1. The van der Waals surface area contributed by atoms with Gasteiger partial charge in [0.1, 0.15) is 0 Å². The second-order valence-corrected chi connectivity index (χ2v) is 6.63. The highest BCUT2D eigenvalue weighted by molar-refractivity contribution is 7.18. The number of primary amides is 1. The summed E-state index contributed by atoms with van der Waals surface area (Å²) in [6.45, 7) is 1.70. The number of anilines is 1. The number of amides is 2. The molecular formula is C16H15ClN2O3S. The van der Waals surface area contributed by atoms with E-state index in [-0.39, 0.29) is 24.5 Å². The second kappa shape index (κ2) is 7.39. The quantitative estimate of drug-likeness (QED) is 0.782. The van der Waals surface area contributed by atoms with Crippen molar-refractivity contribution in [1.82, 2.24) is 0 Å². The minimum absolute atomic E-state index is 0.0502. The van der Waals surface area contributed by atoms with Crippen LogP contribution in [0.1, 0.15) is 38.4 Å². The van der Waals surface area contributed by atoms with Crippen molar-refractivity contribution >= 4 is 46.2 Å². The molecule has 0 aliphatic heterocycles. The molecule has 5 nitrogen and oxygen atoms in total. The van der Waals surface area contributed by atoms with E-state index in [1.165, 1.54) is 11.3 Å². The molecule has 0 fully saturated rings. The first-order valence-corrected chi connectivity index (χ1v) is 8.05. The number of hydrogen-bond acceptors (Lipinski definition) is 4. The van der Waals surface area contributed by atoms with Crippen LogP contribution in [0.4, 0.5) is 5.69 Å². The molecule has 0 saturated heterocycles. The van der Waals surface area contributed by atoms with Crippen molar-refractivity contribution < 1.29 is 14.4 Å². The van der Waals surface area contributed by atoms with Crippen molar-refractivity contribution in [2.45, 2.75) is 19.8 Å². The summed E-state index contributed by atoms with van der Waals surface area (Å²) in [5.74, 6) is -0.978. The number of ketones is 1. The number of rotatable bonds is 6. The third-order valence-electron chi connectivity index (χ3n) is 3.30. The number of benzene rings is 1. The third kappa shape index (κ3) is 4.40. The van der Waals surface area contributed by atoms with Gasteiger partial charge < -0.3 is 11.1 Å². The molecule has 0 bridgehead atoms. The predicted octanol–water partition coefficient (Wildman–Crippen LogP) is 3.41. The number of hydrogen-bond donors (Lipinski definition) is 2. The summed E-state index contributed by atoms with van der Waals surface area (Å²) in [6.07, 6.45) is 0.145. The third-order valence-corrected chi connectivity index (χ3v) is 4.57.